The summed E-state index contributed by atoms with van der Waals surface area (Å²) >= 11 is 4.99. The van der Waals surface area contributed by atoms with Gasteiger partial charge in [-0.1, -0.05) is 32.0 Å². The van der Waals surface area contributed by atoms with Crippen LogP contribution in [0.25, 0.3) is 0 Å². The maximum absolute atomic E-state index is 11.7. The molecule has 0 spiro atoms. The Hall–Kier alpha value is -1.66. The summed E-state index contributed by atoms with van der Waals surface area (Å²) in [5.74, 6) is 0.769. The fourth-order valence-electron chi connectivity index (χ4n) is 1.71. The largest absolute Gasteiger partial charge is 0.483 e. The molecule has 1 rings (SSSR count). The van der Waals surface area contributed by atoms with Crippen LogP contribution < -0.4 is 15.4 Å². The third-order valence-electron chi connectivity index (χ3n) is 2.74. The second kappa shape index (κ2) is 9.31. The van der Waals surface area contributed by atoms with Crippen LogP contribution in [0, 0.1) is 0 Å². The van der Waals surface area contributed by atoms with Gasteiger partial charge in [0.05, 0.1) is 6.61 Å². The number of amides is 1. The van der Waals surface area contributed by atoms with Crippen molar-refractivity contribution >= 4 is 23.2 Å². The predicted octanol–water partition coefficient (Wildman–Crippen LogP) is 1.83. The number of para-hydroxylation sites is 1. The minimum Gasteiger partial charge on any atom is -0.483 e. The third-order valence-corrected chi connectivity index (χ3v) is 2.99. The molecule has 0 aliphatic heterocycles. The van der Waals surface area contributed by atoms with Gasteiger partial charge in [0.15, 0.2) is 11.7 Å². The first-order valence-corrected chi connectivity index (χ1v) is 7.23. The van der Waals surface area contributed by atoms with E-state index in [-0.39, 0.29) is 17.6 Å². The van der Waals surface area contributed by atoms with Crippen molar-refractivity contribution in [2.45, 2.75) is 19.8 Å². The molecule has 0 saturated heterocycles. The van der Waals surface area contributed by atoms with E-state index in [4.69, 9.17) is 21.7 Å². The molecule has 0 saturated carbocycles. The first kappa shape index (κ1) is 17.4. The molecule has 116 valence electrons. The minimum absolute atomic E-state index is 0.0736. The molecule has 5 nitrogen and oxygen atoms in total. The lowest BCUT2D eigenvalue weighted by Crippen LogP contribution is -2.42. The van der Waals surface area contributed by atoms with Gasteiger partial charge in [0, 0.05) is 13.7 Å². The van der Waals surface area contributed by atoms with Crippen LogP contribution in [-0.4, -0.2) is 37.9 Å². The van der Waals surface area contributed by atoms with Gasteiger partial charge < -0.3 is 20.1 Å². The van der Waals surface area contributed by atoms with Gasteiger partial charge in [0.2, 0.25) is 0 Å². The van der Waals surface area contributed by atoms with Crippen molar-refractivity contribution in [3.8, 4) is 5.75 Å². The molecule has 0 aromatic heterocycles. The molecule has 21 heavy (non-hydrogen) atoms. The lowest BCUT2D eigenvalue weighted by molar-refractivity contribution is -0.121. The summed E-state index contributed by atoms with van der Waals surface area (Å²) < 4.78 is 10.4. The summed E-state index contributed by atoms with van der Waals surface area (Å²) in [6.07, 6.45) is 0. The average Bonchev–Trinajstić information content (AvgIpc) is 2.45. The summed E-state index contributed by atoms with van der Waals surface area (Å²) in [7, 11) is 1.60. The SMILES string of the molecule is COCCNC(=S)NC(=O)COc1ccccc1C(C)C. The quantitative estimate of drug-likeness (QED) is 0.594. The van der Waals surface area contributed by atoms with Crippen LogP contribution in [0.5, 0.6) is 5.75 Å². The Morgan fingerprint density at radius 1 is 1.33 bits per heavy atom. The van der Waals surface area contributed by atoms with Gasteiger partial charge in [-0.05, 0) is 29.8 Å². The van der Waals surface area contributed by atoms with Crippen LogP contribution in [0.2, 0.25) is 0 Å². The second-order valence-electron chi connectivity index (χ2n) is 4.78. The van der Waals surface area contributed by atoms with Gasteiger partial charge in [-0.15, -0.1) is 0 Å². The summed E-state index contributed by atoms with van der Waals surface area (Å²) in [4.78, 5) is 11.7. The maximum Gasteiger partial charge on any atom is 0.264 e. The zero-order valence-corrected chi connectivity index (χ0v) is 13.5. The highest BCUT2D eigenvalue weighted by Gasteiger charge is 2.09. The Bertz CT molecular complexity index is 478. The monoisotopic (exact) mass is 310 g/mol. The Morgan fingerprint density at radius 3 is 2.71 bits per heavy atom. The third kappa shape index (κ3) is 6.55. The smallest absolute Gasteiger partial charge is 0.264 e. The van der Waals surface area contributed by atoms with Gasteiger partial charge >= 0.3 is 0 Å². The molecule has 0 unspecified atom stereocenters. The predicted molar refractivity (Wildman–Crippen MR) is 86.6 cm³/mol. The second-order valence-corrected chi connectivity index (χ2v) is 5.19. The van der Waals surface area contributed by atoms with E-state index in [1.165, 1.54) is 0 Å². The van der Waals surface area contributed by atoms with Crippen molar-refractivity contribution in [3.05, 3.63) is 29.8 Å². The van der Waals surface area contributed by atoms with Crippen molar-refractivity contribution in [1.82, 2.24) is 10.6 Å². The number of ether oxygens (including phenoxy) is 2. The van der Waals surface area contributed by atoms with Crippen LogP contribution in [0.15, 0.2) is 24.3 Å². The lowest BCUT2D eigenvalue weighted by Gasteiger charge is -2.14. The van der Waals surface area contributed by atoms with Crippen molar-refractivity contribution in [2.24, 2.45) is 0 Å². The van der Waals surface area contributed by atoms with Gasteiger partial charge in [-0.2, -0.15) is 0 Å². The number of methoxy groups -OCH3 is 1. The summed E-state index contributed by atoms with van der Waals surface area (Å²) in [5.41, 5.74) is 1.08. The van der Waals surface area contributed by atoms with Crippen LogP contribution in [0.3, 0.4) is 0 Å². The van der Waals surface area contributed by atoms with Gasteiger partial charge in [0.25, 0.3) is 5.91 Å². The van der Waals surface area contributed by atoms with Gasteiger partial charge in [-0.25, -0.2) is 0 Å². The molecule has 0 aliphatic rings. The fraction of sp³-hybridized carbons (Fsp3) is 0.467. The topological polar surface area (TPSA) is 59.6 Å². The van der Waals surface area contributed by atoms with E-state index < -0.39 is 0 Å². The average molecular weight is 310 g/mol. The normalized spacial score (nSPS) is 10.3. The molecule has 1 amide bonds. The molecule has 0 bridgehead atoms. The number of carbonyl (C=O) groups is 1. The van der Waals surface area contributed by atoms with Crippen molar-refractivity contribution in [3.63, 3.8) is 0 Å². The lowest BCUT2D eigenvalue weighted by atomic mass is 10.0. The molecule has 0 aliphatic carbocycles. The Labute approximate surface area is 131 Å². The molecule has 0 radical (unpaired) electrons. The molecule has 2 N–H and O–H groups in total. The summed E-state index contributed by atoms with van der Waals surface area (Å²) in [6.45, 7) is 5.16. The zero-order chi connectivity index (χ0) is 15.7. The number of carbonyl (C=O) groups excluding carboxylic acids is 1. The Morgan fingerprint density at radius 2 is 2.05 bits per heavy atom. The van der Waals surface area contributed by atoms with Crippen LogP contribution in [0.4, 0.5) is 0 Å². The number of hydrogen-bond donors (Lipinski definition) is 2. The van der Waals surface area contributed by atoms with Gasteiger partial charge in [0.1, 0.15) is 5.75 Å². The first-order valence-electron chi connectivity index (χ1n) is 6.83. The molecule has 0 fully saturated rings. The van der Waals surface area contributed by atoms with Crippen LogP contribution in [-0.2, 0) is 9.53 Å². The highest BCUT2D eigenvalue weighted by atomic mass is 32.1. The molecule has 1 aromatic carbocycles. The van der Waals surface area contributed by atoms with Crippen molar-refractivity contribution in [2.75, 3.05) is 26.9 Å². The standard InChI is InChI=1S/C15H22N2O3S/c1-11(2)12-6-4-5-7-13(12)20-10-14(18)17-15(21)16-8-9-19-3/h4-7,11H,8-10H2,1-3H3,(H2,16,17,18,21). The van der Waals surface area contributed by atoms with E-state index in [0.29, 0.717) is 19.1 Å². The number of thiocarbonyl (C=S) groups is 1. The first-order chi connectivity index (χ1) is 10.0. The molecule has 0 heterocycles. The van der Waals surface area contributed by atoms with E-state index in [2.05, 4.69) is 24.5 Å². The molecule has 6 heteroatoms. The van der Waals surface area contributed by atoms with Crippen molar-refractivity contribution in [1.29, 1.82) is 0 Å². The van der Waals surface area contributed by atoms with E-state index in [1.807, 2.05) is 24.3 Å². The molecular weight excluding hydrogens is 288 g/mol. The number of rotatable bonds is 7. The van der Waals surface area contributed by atoms with Crippen molar-refractivity contribution < 1.29 is 14.3 Å². The highest BCUT2D eigenvalue weighted by Crippen LogP contribution is 2.25. The number of benzene rings is 1. The highest BCUT2D eigenvalue weighted by molar-refractivity contribution is 7.80. The summed E-state index contributed by atoms with van der Waals surface area (Å²) in [5, 5.41) is 5.70. The van der Waals surface area contributed by atoms with Crippen LogP contribution >= 0.6 is 12.2 Å². The molecule has 1 aromatic rings. The maximum atomic E-state index is 11.7. The van der Waals surface area contributed by atoms with E-state index in [9.17, 15) is 4.79 Å². The van der Waals surface area contributed by atoms with E-state index in [0.717, 1.165) is 11.3 Å². The summed E-state index contributed by atoms with van der Waals surface area (Å²) in [6, 6.07) is 7.69. The van der Waals surface area contributed by atoms with E-state index in [1.54, 1.807) is 7.11 Å². The molecule has 0 atom stereocenters. The zero-order valence-electron chi connectivity index (χ0n) is 12.6. The number of nitrogens with one attached hydrogen (secondary N) is 2. The van der Waals surface area contributed by atoms with Gasteiger partial charge in [-0.3, -0.25) is 4.79 Å². The van der Waals surface area contributed by atoms with E-state index >= 15 is 0 Å². The van der Waals surface area contributed by atoms with Crippen LogP contribution in [0.1, 0.15) is 25.3 Å². The fourth-order valence-corrected chi connectivity index (χ4v) is 1.92. The molecular formula is C15H22N2O3S. The minimum atomic E-state index is -0.288. The Balaban J connectivity index is 2.41. The number of hydrogen-bond acceptors (Lipinski definition) is 4. The Kier molecular flexibility index (Phi) is 7.71.